The molecule has 0 amide bonds. The van der Waals surface area contributed by atoms with Crippen molar-refractivity contribution in [3.63, 3.8) is 0 Å². The summed E-state index contributed by atoms with van der Waals surface area (Å²) in [5.74, 6) is -1.55. The minimum Gasteiger partial charge on any atom is -0.381 e. The smallest absolute Gasteiger partial charge is 0.159 e. The molecule has 0 radical (unpaired) electrons. The van der Waals surface area contributed by atoms with E-state index in [4.69, 9.17) is 4.74 Å². The van der Waals surface area contributed by atoms with E-state index in [0.29, 0.717) is 0 Å². The summed E-state index contributed by atoms with van der Waals surface area (Å²) in [6.07, 6.45) is 2.63. The summed E-state index contributed by atoms with van der Waals surface area (Å²) in [4.78, 5) is 0. The molecule has 1 aromatic carbocycles. The van der Waals surface area contributed by atoms with Gasteiger partial charge in [0, 0.05) is 25.3 Å². The molecule has 0 spiro atoms. The molecule has 21 heavy (non-hydrogen) atoms. The molecule has 1 N–H and O–H groups in total. The number of rotatable bonds is 4. The fraction of sp³-hybridized carbons (Fsp3) is 0.647. The molecule has 2 rings (SSSR count). The highest BCUT2D eigenvalue weighted by Gasteiger charge is 2.33. The number of hydrogen-bond acceptors (Lipinski definition) is 2. The Balaban J connectivity index is 2.13. The number of ether oxygens (including phenoxy) is 1. The summed E-state index contributed by atoms with van der Waals surface area (Å²) in [7, 11) is 0. The van der Waals surface area contributed by atoms with E-state index in [0.717, 1.165) is 44.6 Å². The predicted octanol–water partition coefficient (Wildman–Crippen LogP) is 3.69. The normalized spacial score (nSPS) is 18.7. The molecule has 1 aliphatic heterocycles. The van der Waals surface area contributed by atoms with Gasteiger partial charge in [-0.15, -0.1) is 0 Å². The van der Waals surface area contributed by atoms with Crippen molar-refractivity contribution >= 4 is 0 Å². The monoisotopic (exact) mass is 297 g/mol. The third-order valence-electron chi connectivity index (χ3n) is 4.11. The summed E-state index contributed by atoms with van der Waals surface area (Å²) < 4.78 is 32.0. The Bertz CT molecular complexity index is 476. The Morgan fingerprint density at radius 2 is 1.81 bits per heavy atom. The number of hydrogen-bond donors (Lipinski definition) is 1. The van der Waals surface area contributed by atoms with Crippen LogP contribution in [0.25, 0.3) is 0 Å². The highest BCUT2D eigenvalue weighted by molar-refractivity contribution is 5.19. The topological polar surface area (TPSA) is 21.3 Å². The average Bonchev–Trinajstić information content (AvgIpc) is 2.41. The van der Waals surface area contributed by atoms with Crippen LogP contribution in [-0.2, 0) is 11.2 Å². The van der Waals surface area contributed by atoms with Gasteiger partial charge < -0.3 is 10.1 Å². The second-order valence-electron chi connectivity index (χ2n) is 7.14. The lowest BCUT2D eigenvalue weighted by Crippen LogP contribution is -2.47. The van der Waals surface area contributed by atoms with Gasteiger partial charge >= 0.3 is 0 Å². The average molecular weight is 297 g/mol. The molecule has 2 nitrogen and oxygen atoms in total. The van der Waals surface area contributed by atoms with E-state index in [1.807, 2.05) is 0 Å². The van der Waals surface area contributed by atoms with Crippen molar-refractivity contribution in [2.75, 3.05) is 19.8 Å². The molecule has 0 unspecified atom stereocenters. The predicted molar refractivity (Wildman–Crippen MR) is 80.3 cm³/mol. The van der Waals surface area contributed by atoms with Crippen molar-refractivity contribution < 1.29 is 13.5 Å². The second kappa shape index (κ2) is 6.41. The zero-order valence-corrected chi connectivity index (χ0v) is 13.1. The van der Waals surface area contributed by atoms with Gasteiger partial charge in [-0.1, -0.05) is 6.07 Å². The largest absolute Gasteiger partial charge is 0.381 e. The standard InChI is InChI=1S/C17H25F2NO/c1-16(2,3)20-12-17(6-8-21-9-7-17)11-13-4-5-14(18)15(19)10-13/h4-5,10,20H,6-9,11-12H2,1-3H3. The second-order valence-corrected chi connectivity index (χ2v) is 7.14. The van der Waals surface area contributed by atoms with Crippen molar-refractivity contribution in [3.05, 3.63) is 35.4 Å². The summed E-state index contributed by atoms with van der Waals surface area (Å²) >= 11 is 0. The van der Waals surface area contributed by atoms with Crippen molar-refractivity contribution in [1.82, 2.24) is 5.32 Å². The number of benzene rings is 1. The molecule has 0 aromatic heterocycles. The van der Waals surface area contributed by atoms with Gasteiger partial charge in [-0.25, -0.2) is 8.78 Å². The Labute approximate surface area is 125 Å². The van der Waals surface area contributed by atoms with Gasteiger partial charge in [0.2, 0.25) is 0 Å². The first-order chi connectivity index (χ1) is 9.80. The molecular formula is C17H25F2NO. The summed E-state index contributed by atoms with van der Waals surface area (Å²) in [5, 5.41) is 3.56. The van der Waals surface area contributed by atoms with E-state index in [1.54, 1.807) is 6.07 Å². The molecule has 1 saturated heterocycles. The molecular weight excluding hydrogens is 272 g/mol. The van der Waals surface area contributed by atoms with Gasteiger partial charge in [0.05, 0.1) is 0 Å². The van der Waals surface area contributed by atoms with Gasteiger partial charge in [-0.3, -0.25) is 0 Å². The fourth-order valence-electron chi connectivity index (χ4n) is 2.76. The van der Waals surface area contributed by atoms with Gasteiger partial charge in [0.1, 0.15) is 0 Å². The van der Waals surface area contributed by atoms with Gasteiger partial charge in [0.25, 0.3) is 0 Å². The Hall–Kier alpha value is -1.00. The van der Waals surface area contributed by atoms with Crippen molar-refractivity contribution in [2.24, 2.45) is 5.41 Å². The molecule has 0 aliphatic carbocycles. The summed E-state index contributed by atoms with van der Waals surface area (Å²) in [6, 6.07) is 4.23. The van der Waals surface area contributed by atoms with Crippen LogP contribution in [0.5, 0.6) is 0 Å². The lowest BCUT2D eigenvalue weighted by molar-refractivity contribution is 0.0121. The van der Waals surface area contributed by atoms with Crippen LogP contribution in [0.15, 0.2) is 18.2 Å². The SMILES string of the molecule is CC(C)(C)NCC1(Cc2ccc(F)c(F)c2)CCOCC1. The summed E-state index contributed by atoms with van der Waals surface area (Å²) in [6.45, 7) is 8.73. The van der Waals surface area contributed by atoms with Crippen LogP contribution in [0.1, 0.15) is 39.2 Å². The first-order valence-electron chi connectivity index (χ1n) is 7.56. The van der Waals surface area contributed by atoms with E-state index in [2.05, 4.69) is 26.1 Å². The van der Waals surface area contributed by atoms with Gasteiger partial charge in [-0.2, -0.15) is 0 Å². The van der Waals surface area contributed by atoms with Crippen LogP contribution in [-0.4, -0.2) is 25.3 Å². The zero-order valence-electron chi connectivity index (χ0n) is 13.1. The van der Waals surface area contributed by atoms with E-state index < -0.39 is 11.6 Å². The maximum absolute atomic E-state index is 13.4. The van der Waals surface area contributed by atoms with E-state index >= 15 is 0 Å². The van der Waals surface area contributed by atoms with Crippen LogP contribution in [0.4, 0.5) is 8.78 Å². The van der Waals surface area contributed by atoms with E-state index in [9.17, 15) is 8.78 Å². The van der Waals surface area contributed by atoms with Crippen molar-refractivity contribution in [3.8, 4) is 0 Å². The Morgan fingerprint density at radius 1 is 1.14 bits per heavy atom. The van der Waals surface area contributed by atoms with Crippen molar-refractivity contribution in [2.45, 2.75) is 45.6 Å². The van der Waals surface area contributed by atoms with E-state index in [1.165, 1.54) is 12.1 Å². The first-order valence-corrected chi connectivity index (χ1v) is 7.56. The molecule has 1 aliphatic rings. The molecule has 118 valence electrons. The maximum atomic E-state index is 13.4. The molecule has 1 aromatic rings. The lowest BCUT2D eigenvalue weighted by Gasteiger charge is -2.40. The van der Waals surface area contributed by atoms with Gasteiger partial charge in [-0.05, 0) is 63.1 Å². The van der Waals surface area contributed by atoms with Crippen LogP contribution in [0, 0.1) is 17.0 Å². The number of nitrogens with one attached hydrogen (secondary N) is 1. The van der Waals surface area contributed by atoms with Crippen molar-refractivity contribution in [1.29, 1.82) is 0 Å². The first kappa shape index (κ1) is 16.4. The number of halogens is 2. The quantitative estimate of drug-likeness (QED) is 0.915. The molecule has 1 fully saturated rings. The van der Waals surface area contributed by atoms with E-state index in [-0.39, 0.29) is 11.0 Å². The molecule has 0 bridgehead atoms. The van der Waals surface area contributed by atoms with Crippen LogP contribution in [0.3, 0.4) is 0 Å². The Kier molecular flexibility index (Phi) is 4.99. The summed E-state index contributed by atoms with van der Waals surface area (Å²) in [5.41, 5.74) is 0.946. The minimum atomic E-state index is -0.785. The highest BCUT2D eigenvalue weighted by Crippen LogP contribution is 2.34. The molecule has 0 saturated carbocycles. The van der Waals surface area contributed by atoms with Gasteiger partial charge in [0.15, 0.2) is 11.6 Å². The maximum Gasteiger partial charge on any atom is 0.159 e. The van der Waals surface area contributed by atoms with Crippen LogP contribution in [0.2, 0.25) is 0 Å². The molecule has 0 atom stereocenters. The highest BCUT2D eigenvalue weighted by atomic mass is 19.2. The molecule has 4 heteroatoms. The van der Waals surface area contributed by atoms with Crippen LogP contribution < -0.4 is 5.32 Å². The third kappa shape index (κ3) is 4.75. The lowest BCUT2D eigenvalue weighted by atomic mass is 9.74. The van der Waals surface area contributed by atoms with Crippen LogP contribution >= 0.6 is 0 Å². The Morgan fingerprint density at radius 3 is 2.38 bits per heavy atom. The zero-order chi connectivity index (χ0) is 15.5. The fourth-order valence-corrected chi connectivity index (χ4v) is 2.76. The third-order valence-corrected chi connectivity index (χ3v) is 4.11. The molecule has 1 heterocycles. The minimum absolute atomic E-state index is 0.0410.